The molecule has 0 radical (unpaired) electrons. The van der Waals surface area contributed by atoms with Crippen molar-refractivity contribution in [2.45, 2.75) is 27.2 Å². The lowest BCUT2D eigenvalue weighted by molar-refractivity contribution is -0.109. The third-order valence-electron chi connectivity index (χ3n) is 1.58. The first-order valence-electron chi connectivity index (χ1n) is 4.38. The molecule has 1 rings (SSSR count). The van der Waals surface area contributed by atoms with Crippen LogP contribution in [0.3, 0.4) is 0 Å². The van der Waals surface area contributed by atoms with Crippen molar-refractivity contribution in [2.75, 3.05) is 7.05 Å². The number of hydrogen-bond donors (Lipinski definition) is 1. The maximum absolute atomic E-state index is 9.06. The lowest BCUT2D eigenvalue weighted by atomic mass is 10.0. The van der Waals surface area contributed by atoms with Crippen LogP contribution in [0.1, 0.15) is 32.8 Å². The first kappa shape index (κ1) is 15.2. The predicted octanol–water partition coefficient (Wildman–Crippen LogP) is 2.81. The number of nitrogens with one attached hydrogen (secondary N) is 1. The number of hydrogen-bond acceptors (Lipinski definition) is 1. The van der Waals surface area contributed by atoms with E-state index >= 15 is 0 Å². The number of carbonyl (C=O) groups excluding carboxylic acids is 1. The number of rotatable bonds is 2. The van der Waals surface area contributed by atoms with Gasteiger partial charge >= 0.3 is 0 Å². The minimum atomic E-state index is 0. The molecule has 0 saturated carbocycles. The van der Waals surface area contributed by atoms with Gasteiger partial charge in [0.15, 0.2) is 0 Å². The van der Waals surface area contributed by atoms with Gasteiger partial charge in [0.25, 0.3) is 0 Å². The van der Waals surface area contributed by atoms with Gasteiger partial charge in [0, 0.05) is 7.05 Å². The summed E-state index contributed by atoms with van der Waals surface area (Å²) in [6.45, 7) is 4.41. The summed E-state index contributed by atoms with van der Waals surface area (Å²) in [4.78, 5) is 9.06. The minimum absolute atomic E-state index is 0. The van der Waals surface area contributed by atoms with Gasteiger partial charge < -0.3 is 5.32 Å². The van der Waals surface area contributed by atoms with Gasteiger partial charge in [-0.15, -0.1) is 0 Å². The Morgan fingerprint density at radius 1 is 1.21 bits per heavy atom. The smallest absolute Gasteiger partial charge is 0.206 e. The summed E-state index contributed by atoms with van der Waals surface area (Å²) in [6, 6.07) is 10.5. The Labute approximate surface area is 87.3 Å². The normalized spacial score (nSPS) is 8.00. The van der Waals surface area contributed by atoms with Crippen LogP contribution < -0.4 is 5.32 Å². The molecule has 0 aliphatic heterocycles. The lowest BCUT2D eigenvalue weighted by Gasteiger charge is -2.01. The molecule has 0 heterocycles. The van der Waals surface area contributed by atoms with Crippen molar-refractivity contribution in [3.05, 3.63) is 35.9 Å². The van der Waals surface area contributed by atoms with E-state index in [-0.39, 0.29) is 7.43 Å². The molecule has 0 aliphatic carbocycles. The molecule has 2 heteroatoms. The monoisotopic (exact) mass is 195 g/mol. The largest absolute Gasteiger partial charge is 0.362 e. The molecule has 0 fully saturated rings. The van der Waals surface area contributed by atoms with Crippen LogP contribution in [0.25, 0.3) is 0 Å². The molecule has 0 aromatic heterocycles. The molecule has 2 nitrogen and oxygen atoms in total. The van der Waals surface area contributed by atoms with Crippen LogP contribution >= 0.6 is 0 Å². The summed E-state index contributed by atoms with van der Waals surface area (Å²) in [5, 5.41) is 2.25. The zero-order valence-electron chi connectivity index (χ0n) is 8.45. The number of amides is 1. The van der Waals surface area contributed by atoms with Crippen molar-refractivity contribution in [1.82, 2.24) is 5.32 Å². The maximum atomic E-state index is 9.06. The molecule has 80 valence electrons. The Morgan fingerprint density at radius 2 is 1.64 bits per heavy atom. The molecule has 0 atom stereocenters. The van der Waals surface area contributed by atoms with Crippen LogP contribution in [0.4, 0.5) is 0 Å². The SMILES string of the molecule is C.CC(C)c1ccccc1.CNC=O. The van der Waals surface area contributed by atoms with Crippen molar-refractivity contribution < 1.29 is 4.79 Å². The number of carbonyl (C=O) groups is 1. The van der Waals surface area contributed by atoms with Crippen molar-refractivity contribution in [2.24, 2.45) is 0 Å². The van der Waals surface area contributed by atoms with E-state index in [1.807, 2.05) is 6.07 Å². The molecule has 0 spiro atoms. The third kappa shape index (κ3) is 7.35. The topological polar surface area (TPSA) is 29.1 Å². The van der Waals surface area contributed by atoms with E-state index in [1.54, 1.807) is 7.05 Å². The van der Waals surface area contributed by atoms with Gasteiger partial charge in [-0.3, -0.25) is 4.79 Å². The fourth-order valence-corrected chi connectivity index (χ4v) is 0.838. The molecule has 14 heavy (non-hydrogen) atoms. The highest BCUT2D eigenvalue weighted by Crippen LogP contribution is 2.11. The van der Waals surface area contributed by atoms with E-state index in [4.69, 9.17) is 4.79 Å². The Bertz CT molecular complexity index is 219. The molecule has 1 aromatic carbocycles. The maximum Gasteiger partial charge on any atom is 0.206 e. The molecule has 1 aromatic rings. The van der Waals surface area contributed by atoms with Crippen LogP contribution in [0, 0.1) is 0 Å². The zero-order valence-corrected chi connectivity index (χ0v) is 8.45. The van der Waals surface area contributed by atoms with Gasteiger partial charge in [-0.25, -0.2) is 0 Å². The van der Waals surface area contributed by atoms with E-state index < -0.39 is 0 Å². The van der Waals surface area contributed by atoms with Crippen LogP contribution in [0.2, 0.25) is 0 Å². The minimum Gasteiger partial charge on any atom is -0.362 e. The molecule has 0 bridgehead atoms. The third-order valence-corrected chi connectivity index (χ3v) is 1.58. The Morgan fingerprint density at radius 3 is 1.86 bits per heavy atom. The van der Waals surface area contributed by atoms with E-state index in [2.05, 4.69) is 43.4 Å². The zero-order chi connectivity index (χ0) is 10.1. The van der Waals surface area contributed by atoms with E-state index in [0.717, 1.165) is 0 Å². The summed E-state index contributed by atoms with van der Waals surface area (Å²) in [5.74, 6) is 0.659. The Hall–Kier alpha value is -1.31. The van der Waals surface area contributed by atoms with Crippen LogP contribution in [0.15, 0.2) is 30.3 Å². The summed E-state index contributed by atoms with van der Waals surface area (Å²) >= 11 is 0. The summed E-state index contributed by atoms with van der Waals surface area (Å²) < 4.78 is 0. The summed E-state index contributed by atoms with van der Waals surface area (Å²) in [6.07, 6.45) is 0.625. The fraction of sp³-hybridized carbons (Fsp3) is 0.417. The molecule has 0 aliphatic rings. The highest BCUT2D eigenvalue weighted by Gasteiger charge is 1.93. The number of benzene rings is 1. The van der Waals surface area contributed by atoms with Gasteiger partial charge in [-0.1, -0.05) is 51.6 Å². The Balaban J connectivity index is 0. The average Bonchev–Trinajstić information content (AvgIpc) is 2.19. The highest BCUT2D eigenvalue weighted by atomic mass is 16.1. The molecular weight excluding hydrogens is 174 g/mol. The average molecular weight is 195 g/mol. The first-order chi connectivity index (χ1) is 6.22. The highest BCUT2D eigenvalue weighted by molar-refractivity contribution is 5.44. The second-order valence-electron chi connectivity index (χ2n) is 2.97. The summed E-state index contributed by atoms with van der Waals surface area (Å²) in [5.41, 5.74) is 1.41. The van der Waals surface area contributed by atoms with E-state index in [9.17, 15) is 0 Å². The molecule has 0 unspecified atom stereocenters. The van der Waals surface area contributed by atoms with Crippen LogP contribution in [-0.4, -0.2) is 13.5 Å². The molecule has 0 saturated heterocycles. The molecule has 1 N–H and O–H groups in total. The molecular formula is C12H21NO. The van der Waals surface area contributed by atoms with Gasteiger partial charge in [0.1, 0.15) is 0 Å². The van der Waals surface area contributed by atoms with Crippen LogP contribution in [-0.2, 0) is 4.79 Å². The quantitative estimate of drug-likeness (QED) is 0.722. The first-order valence-corrected chi connectivity index (χ1v) is 4.38. The van der Waals surface area contributed by atoms with Gasteiger partial charge in [0.2, 0.25) is 6.41 Å². The van der Waals surface area contributed by atoms with Crippen molar-refractivity contribution in [3.8, 4) is 0 Å². The Kier molecular flexibility index (Phi) is 10.6. The van der Waals surface area contributed by atoms with Gasteiger partial charge in [-0.2, -0.15) is 0 Å². The second-order valence-corrected chi connectivity index (χ2v) is 2.97. The van der Waals surface area contributed by atoms with E-state index in [1.165, 1.54) is 5.56 Å². The molecule has 1 amide bonds. The fourth-order valence-electron chi connectivity index (χ4n) is 0.838. The van der Waals surface area contributed by atoms with Crippen molar-refractivity contribution >= 4 is 6.41 Å². The van der Waals surface area contributed by atoms with Gasteiger partial charge in [0.05, 0.1) is 0 Å². The van der Waals surface area contributed by atoms with Crippen LogP contribution in [0.5, 0.6) is 0 Å². The second kappa shape index (κ2) is 9.78. The van der Waals surface area contributed by atoms with Crippen molar-refractivity contribution in [1.29, 1.82) is 0 Å². The van der Waals surface area contributed by atoms with Crippen molar-refractivity contribution in [3.63, 3.8) is 0 Å². The lowest BCUT2D eigenvalue weighted by Crippen LogP contribution is -1.98. The summed E-state index contributed by atoms with van der Waals surface area (Å²) in [7, 11) is 1.56. The predicted molar refractivity (Wildman–Crippen MR) is 62.4 cm³/mol. The van der Waals surface area contributed by atoms with Gasteiger partial charge in [-0.05, 0) is 11.5 Å². The van der Waals surface area contributed by atoms with E-state index in [0.29, 0.717) is 12.3 Å². The standard InChI is InChI=1S/C9H12.C2H5NO.CH4/c1-8(2)9-6-4-3-5-7-9;1-3-2-4;/h3-8H,1-2H3;2H,1H3,(H,3,4);1H4.